The lowest BCUT2D eigenvalue weighted by atomic mass is 9.51. The highest BCUT2D eigenvalue weighted by molar-refractivity contribution is 7.46. The van der Waals surface area contributed by atoms with Crippen molar-refractivity contribution in [2.24, 2.45) is 11.8 Å². The van der Waals surface area contributed by atoms with Crippen molar-refractivity contribution in [1.82, 2.24) is 4.90 Å². The van der Waals surface area contributed by atoms with Gasteiger partial charge in [-0.2, -0.15) is 0 Å². The largest absolute Gasteiger partial charge is 0.524 e. The highest BCUT2D eigenvalue weighted by Crippen LogP contribution is 2.69. The Kier molecular flexibility index (Phi) is 12.1. The molecular weight excluding hydrogens is 757 g/mol. The summed E-state index contributed by atoms with van der Waals surface area (Å²) in [7, 11) is -5.23. The van der Waals surface area contributed by atoms with Crippen molar-refractivity contribution < 1.29 is 47.5 Å². The number of benzene rings is 1. The van der Waals surface area contributed by atoms with Crippen LogP contribution in [0.2, 0.25) is 0 Å². The van der Waals surface area contributed by atoms with E-state index in [1.165, 1.54) is 5.57 Å². The van der Waals surface area contributed by atoms with E-state index in [9.17, 15) is 23.9 Å². The van der Waals surface area contributed by atoms with E-state index in [-0.39, 0.29) is 58.5 Å². The van der Waals surface area contributed by atoms with Crippen molar-refractivity contribution >= 4 is 31.4 Å². The van der Waals surface area contributed by atoms with E-state index in [0.29, 0.717) is 37.1 Å². The van der Waals surface area contributed by atoms with Crippen molar-refractivity contribution in [3.05, 3.63) is 69.4 Å². The molecule has 1 spiro atoms. The number of hydrogen-bond acceptors (Lipinski definition) is 8. The van der Waals surface area contributed by atoms with Crippen LogP contribution in [0.4, 0.5) is 0 Å². The average Bonchev–Trinajstić information content (AvgIpc) is 3.29. The molecule has 2 fully saturated rings. The van der Waals surface area contributed by atoms with Gasteiger partial charge in [0.15, 0.2) is 28.5 Å². The number of ketones is 2. The molecule has 3 aliphatic carbocycles. The van der Waals surface area contributed by atoms with E-state index in [1.54, 1.807) is 25.2 Å². The quantitative estimate of drug-likeness (QED) is 0.0939. The van der Waals surface area contributed by atoms with Crippen molar-refractivity contribution in [2.45, 2.75) is 149 Å². The number of hydrogen-bond donors (Lipinski definition) is 2. The Morgan fingerprint density at radius 2 is 1.62 bits per heavy atom. The number of unbranched alkanes of at least 4 members (excludes halogenated alkanes) is 2. The summed E-state index contributed by atoms with van der Waals surface area (Å²) < 4.78 is 39.3. The number of Topliss-reactive ketones (excluding diaryl/α,β-unsaturated/α-hetero) is 2. The Morgan fingerprint density at radius 1 is 0.966 bits per heavy atom. The lowest BCUT2D eigenvalue weighted by Crippen LogP contribution is -2.72. The second-order valence-electron chi connectivity index (χ2n) is 18.0. The van der Waals surface area contributed by atoms with E-state index in [4.69, 9.17) is 18.7 Å². The fourth-order valence-electron chi connectivity index (χ4n) is 9.63. The van der Waals surface area contributed by atoms with Gasteiger partial charge in [-0.05, 0) is 106 Å². The predicted octanol–water partition coefficient (Wildman–Crippen LogP) is 9.35. The third kappa shape index (κ3) is 7.61. The van der Waals surface area contributed by atoms with Gasteiger partial charge in [-0.1, -0.05) is 62.1 Å². The Labute approximate surface area is 343 Å². The molecule has 1 amide bonds. The first-order valence-electron chi connectivity index (χ1n) is 20.9. The maximum atomic E-state index is 15.4. The minimum absolute atomic E-state index is 0.0169. The van der Waals surface area contributed by atoms with Crippen LogP contribution in [0.5, 0.6) is 17.2 Å². The summed E-state index contributed by atoms with van der Waals surface area (Å²) in [6.07, 6.45) is 16.7. The van der Waals surface area contributed by atoms with Gasteiger partial charge in [0.2, 0.25) is 5.91 Å². The average molecular weight is 820 g/mol. The third-order valence-electron chi connectivity index (χ3n) is 12.5. The number of carbonyl (C=O) groups excluding carboxylic acids is 3. The summed E-state index contributed by atoms with van der Waals surface area (Å²) in [5.41, 5.74) is -1.64. The number of nitrogens with zero attached hydrogens (tertiary/aromatic N) is 1. The molecule has 11 nitrogen and oxygen atoms in total. The summed E-state index contributed by atoms with van der Waals surface area (Å²) in [6.45, 7) is 20.9. The summed E-state index contributed by atoms with van der Waals surface area (Å²) in [5.74, 6) is -2.02. The zero-order valence-electron chi connectivity index (χ0n) is 36.0. The molecule has 6 aliphatic rings. The molecule has 1 aromatic carbocycles. The SMILES string of the molecule is CCCCN(CCCC)C(=O)/C(C)=C\CC12OC(C)(C)C3CC(C=C4C(=O)c5c(OP(=O)(O)O)c6c(c(CC=C(C)C)c5OC431)OC(C)(CCC=C(C)C)C=C6)C2=O. The Balaban J connectivity index is 1.57. The van der Waals surface area contributed by atoms with Crippen molar-refractivity contribution in [3.63, 3.8) is 0 Å². The number of ether oxygens (including phenoxy) is 3. The third-order valence-corrected chi connectivity index (χ3v) is 12.9. The fraction of sp³-hybridized carbons (Fsp3) is 0.587. The Morgan fingerprint density at radius 3 is 2.22 bits per heavy atom. The monoisotopic (exact) mass is 819 g/mol. The van der Waals surface area contributed by atoms with Crippen LogP contribution in [0.1, 0.15) is 142 Å². The molecule has 5 unspecified atom stereocenters. The van der Waals surface area contributed by atoms with E-state index >= 15 is 4.79 Å². The van der Waals surface area contributed by atoms with Gasteiger partial charge in [-0.15, -0.1) is 0 Å². The molecule has 316 valence electrons. The second kappa shape index (κ2) is 16.0. The molecule has 0 aromatic heterocycles. The van der Waals surface area contributed by atoms with Crippen LogP contribution in [-0.2, 0) is 25.3 Å². The van der Waals surface area contributed by atoms with Gasteiger partial charge in [0.05, 0.1) is 11.2 Å². The molecular formula is C46H62NO10P. The lowest BCUT2D eigenvalue weighted by molar-refractivity contribution is -0.171. The van der Waals surface area contributed by atoms with Crippen LogP contribution in [-0.4, -0.2) is 67.7 Å². The number of rotatable bonds is 16. The van der Waals surface area contributed by atoms with Crippen LogP contribution in [0, 0.1) is 11.8 Å². The molecule has 7 rings (SSSR count). The molecule has 12 heteroatoms. The highest BCUT2D eigenvalue weighted by Gasteiger charge is 2.81. The van der Waals surface area contributed by atoms with Gasteiger partial charge in [0.25, 0.3) is 0 Å². The standard InChI is InChI=1S/C46H62NO10P/c1-11-13-24-47(25-14-12-2)42(50)30(7)19-23-45-41(49)31-26-34-37(48)36-39(55-46(34,45)35(27-31)43(8,9)57-45)32(18-17-29(5)6)38-33(40(36)56-58(51,52)53)20-22-44(10,54-38)21-15-16-28(3)4/h16-17,19-20,22,26,31,35H,11-15,18,21,23-25,27H2,1-10H3,(H2,51,52,53)/b30-19-. The number of allylic oxidation sites excluding steroid dienone is 5. The molecule has 58 heavy (non-hydrogen) atoms. The van der Waals surface area contributed by atoms with Gasteiger partial charge in [-0.3, -0.25) is 24.2 Å². The first kappa shape index (κ1) is 43.8. The Bertz CT molecular complexity index is 2070. The van der Waals surface area contributed by atoms with E-state index < -0.39 is 47.8 Å². The number of fused-ring (bicyclic) bond motifs is 2. The van der Waals surface area contributed by atoms with Gasteiger partial charge >= 0.3 is 7.82 Å². The first-order chi connectivity index (χ1) is 27.1. The summed E-state index contributed by atoms with van der Waals surface area (Å²) in [6, 6.07) is 0. The molecule has 1 aromatic rings. The molecule has 1 saturated carbocycles. The molecule has 0 radical (unpaired) electrons. The summed E-state index contributed by atoms with van der Waals surface area (Å²) in [5, 5.41) is 0. The number of carbonyl (C=O) groups is 3. The van der Waals surface area contributed by atoms with Crippen LogP contribution >= 0.6 is 7.82 Å². The number of phosphoric acid groups is 1. The normalized spacial score (nSPS) is 27.4. The zero-order valence-corrected chi connectivity index (χ0v) is 36.8. The predicted molar refractivity (Wildman–Crippen MR) is 224 cm³/mol. The van der Waals surface area contributed by atoms with Gasteiger partial charge in [0.1, 0.15) is 22.7 Å². The maximum absolute atomic E-state index is 15.4. The van der Waals surface area contributed by atoms with Gasteiger partial charge in [0, 0.05) is 48.1 Å². The molecule has 2 N–H and O–H groups in total. The lowest BCUT2D eigenvalue weighted by Gasteiger charge is -2.56. The second-order valence-corrected chi connectivity index (χ2v) is 19.2. The molecule has 3 heterocycles. The molecule has 4 bridgehead atoms. The van der Waals surface area contributed by atoms with Gasteiger partial charge in [-0.25, -0.2) is 4.57 Å². The topological polar surface area (TPSA) is 149 Å². The molecule has 3 aliphatic heterocycles. The van der Waals surface area contributed by atoms with Crippen LogP contribution < -0.4 is 14.0 Å². The maximum Gasteiger partial charge on any atom is 0.524 e. The molecule has 5 atom stereocenters. The number of phosphoric ester groups is 1. The first-order valence-corrected chi connectivity index (χ1v) is 22.5. The van der Waals surface area contributed by atoms with Crippen molar-refractivity contribution in [1.29, 1.82) is 0 Å². The van der Waals surface area contributed by atoms with Crippen molar-refractivity contribution in [2.75, 3.05) is 13.1 Å². The zero-order chi connectivity index (χ0) is 42.6. The highest BCUT2D eigenvalue weighted by atomic mass is 31.2. The van der Waals surface area contributed by atoms with Gasteiger partial charge < -0.3 is 23.6 Å². The minimum Gasteiger partial charge on any atom is -0.482 e. The van der Waals surface area contributed by atoms with Crippen LogP contribution in [0.3, 0.4) is 0 Å². The van der Waals surface area contributed by atoms with E-state index in [2.05, 4.69) is 19.9 Å². The van der Waals surface area contributed by atoms with E-state index in [0.717, 1.165) is 37.7 Å². The van der Waals surface area contributed by atoms with Crippen LogP contribution in [0.15, 0.2) is 52.7 Å². The summed E-state index contributed by atoms with van der Waals surface area (Å²) in [4.78, 5) is 66.6. The minimum atomic E-state index is -5.23. The van der Waals surface area contributed by atoms with E-state index in [1.807, 2.05) is 65.5 Å². The smallest absolute Gasteiger partial charge is 0.482 e. The number of amides is 1. The van der Waals surface area contributed by atoms with Crippen LogP contribution in [0.25, 0.3) is 6.08 Å². The van der Waals surface area contributed by atoms with Crippen molar-refractivity contribution in [3.8, 4) is 17.2 Å². The Hall–Kier alpha value is -3.76. The summed E-state index contributed by atoms with van der Waals surface area (Å²) >= 11 is 0. The fourth-order valence-corrected chi connectivity index (χ4v) is 10.1. The molecule has 1 saturated heterocycles.